The molecule has 0 spiro atoms. The Balaban J connectivity index is 2.45. The van der Waals surface area contributed by atoms with Crippen molar-refractivity contribution in [3.8, 4) is 11.5 Å². The molecule has 0 amide bonds. The minimum absolute atomic E-state index is 0.0883. The number of aromatic amines is 1. The van der Waals surface area contributed by atoms with Gasteiger partial charge in [-0.15, -0.1) is 0 Å². The van der Waals surface area contributed by atoms with Crippen LogP contribution in [-0.4, -0.2) is 35.3 Å². The number of H-pyrrole nitrogens is 1. The highest BCUT2D eigenvalue weighted by Gasteiger charge is 2.10. The molecular weight excluding hydrogens is 316 g/mol. The molecule has 9 heteroatoms. The van der Waals surface area contributed by atoms with E-state index in [2.05, 4.69) is 15.3 Å². The Morgan fingerprint density at radius 2 is 2.19 bits per heavy atom. The number of ether oxygens (including phenoxy) is 2. The van der Waals surface area contributed by atoms with Crippen LogP contribution < -0.4 is 15.0 Å². The van der Waals surface area contributed by atoms with Gasteiger partial charge in [0.05, 0.1) is 25.5 Å². The van der Waals surface area contributed by atoms with Crippen LogP contribution in [0.4, 0.5) is 0 Å². The van der Waals surface area contributed by atoms with Crippen LogP contribution in [0.2, 0.25) is 5.02 Å². The molecule has 0 aliphatic carbocycles. The summed E-state index contributed by atoms with van der Waals surface area (Å²) in [6.07, 6.45) is 2.51. The Morgan fingerprint density at radius 3 is 2.81 bits per heavy atom. The molecule has 0 radical (unpaired) electrons. The van der Waals surface area contributed by atoms with Crippen molar-refractivity contribution >= 4 is 30.0 Å². The van der Waals surface area contributed by atoms with Crippen molar-refractivity contribution in [3.05, 3.63) is 44.0 Å². The molecule has 0 saturated carbocycles. The summed E-state index contributed by atoms with van der Waals surface area (Å²) in [5, 5.41) is 10.4. The summed E-state index contributed by atoms with van der Waals surface area (Å²) in [6.45, 7) is 0. The summed E-state index contributed by atoms with van der Waals surface area (Å²) in [5.74, 6) is 0.883. The van der Waals surface area contributed by atoms with E-state index in [0.29, 0.717) is 22.1 Å². The third-order valence-corrected chi connectivity index (χ3v) is 3.06. The number of hydrogen-bond donors (Lipinski definition) is 1. The van der Waals surface area contributed by atoms with Crippen LogP contribution in [-0.2, 0) is 0 Å². The third-order valence-electron chi connectivity index (χ3n) is 2.51. The molecule has 2 aromatic rings. The van der Waals surface area contributed by atoms with E-state index in [1.54, 1.807) is 12.1 Å². The fourth-order valence-electron chi connectivity index (χ4n) is 1.59. The number of nitrogens with one attached hydrogen (secondary N) is 1. The second kappa shape index (κ2) is 6.51. The van der Waals surface area contributed by atoms with Gasteiger partial charge in [0.25, 0.3) is 5.56 Å². The van der Waals surface area contributed by atoms with Gasteiger partial charge in [0.15, 0.2) is 11.5 Å². The van der Waals surface area contributed by atoms with Crippen molar-refractivity contribution < 1.29 is 9.47 Å². The molecule has 21 heavy (non-hydrogen) atoms. The van der Waals surface area contributed by atoms with Crippen LogP contribution in [0.3, 0.4) is 0 Å². The predicted octanol–water partition coefficient (Wildman–Crippen LogP) is 1.85. The molecule has 0 unspecified atom stereocenters. The molecule has 0 aliphatic rings. The summed E-state index contributed by atoms with van der Waals surface area (Å²) < 4.78 is 11.4. The summed E-state index contributed by atoms with van der Waals surface area (Å²) >= 11 is 11.0. The summed E-state index contributed by atoms with van der Waals surface area (Å²) in [6, 6.07) is 3.30. The first kappa shape index (κ1) is 15.2. The maximum atomic E-state index is 11.6. The highest BCUT2D eigenvalue weighted by molar-refractivity contribution is 7.71. The maximum absolute atomic E-state index is 11.6. The van der Waals surface area contributed by atoms with Gasteiger partial charge in [0.2, 0.25) is 4.77 Å². The zero-order valence-electron chi connectivity index (χ0n) is 11.2. The average molecular weight is 327 g/mol. The first-order valence-corrected chi connectivity index (χ1v) is 6.48. The molecule has 0 atom stereocenters. The number of halogens is 1. The molecule has 2 rings (SSSR count). The molecule has 0 saturated heterocycles. The topological polar surface area (TPSA) is 81.5 Å². The lowest BCUT2D eigenvalue weighted by Crippen LogP contribution is -2.18. The van der Waals surface area contributed by atoms with Gasteiger partial charge < -0.3 is 9.47 Å². The molecule has 1 aromatic carbocycles. The first-order chi connectivity index (χ1) is 10.1. The number of nitrogens with zero attached hydrogens (tertiary/aromatic N) is 3. The van der Waals surface area contributed by atoms with Gasteiger partial charge in [-0.3, -0.25) is 9.89 Å². The van der Waals surface area contributed by atoms with Crippen molar-refractivity contribution in [2.75, 3.05) is 14.2 Å². The van der Waals surface area contributed by atoms with Crippen LogP contribution in [0.5, 0.6) is 11.5 Å². The van der Waals surface area contributed by atoms with Crippen LogP contribution in [0.1, 0.15) is 5.56 Å². The minimum Gasteiger partial charge on any atom is -0.493 e. The van der Waals surface area contributed by atoms with Crippen molar-refractivity contribution in [3.63, 3.8) is 0 Å². The molecule has 1 aromatic heterocycles. The van der Waals surface area contributed by atoms with E-state index >= 15 is 0 Å². The standard InChI is InChI=1S/C12H11ClN4O3S/c1-19-9-4-7(3-8(13)11(9)20-2)5-15-17-10(18)6-14-16-12(17)21/h3-6H,1-2H3,(H,16,21)/b15-5-. The summed E-state index contributed by atoms with van der Waals surface area (Å²) in [4.78, 5) is 11.6. The Morgan fingerprint density at radius 1 is 1.43 bits per heavy atom. The number of aromatic nitrogens is 3. The average Bonchev–Trinajstić information content (AvgIpc) is 2.46. The SMILES string of the molecule is COc1cc(/C=N\n2c(=O)cn[nH]c2=S)cc(Cl)c1OC. The van der Waals surface area contributed by atoms with Crippen molar-refractivity contribution in [2.24, 2.45) is 5.10 Å². The van der Waals surface area contributed by atoms with Crippen LogP contribution >= 0.6 is 23.8 Å². The van der Waals surface area contributed by atoms with E-state index in [9.17, 15) is 4.79 Å². The van der Waals surface area contributed by atoms with Gasteiger partial charge in [-0.1, -0.05) is 11.6 Å². The Kier molecular flexibility index (Phi) is 4.71. The number of methoxy groups -OCH3 is 2. The smallest absolute Gasteiger partial charge is 0.293 e. The van der Waals surface area contributed by atoms with Gasteiger partial charge in [0.1, 0.15) is 6.20 Å². The fraction of sp³-hybridized carbons (Fsp3) is 0.167. The van der Waals surface area contributed by atoms with E-state index in [1.165, 1.54) is 20.4 Å². The van der Waals surface area contributed by atoms with E-state index in [0.717, 1.165) is 10.9 Å². The van der Waals surface area contributed by atoms with Gasteiger partial charge >= 0.3 is 0 Å². The Labute approximate surface area is 129 Å². The second-order valence-corrected chi connectivity index (χ2v) is 4.60. The van der Waals surface area contributed by atoms with Crippen molar-refractivity contribution in [2.45, 2.75) is 0 Å². The summed E-state index contributed by atoms with van der Waals surface area (Å²) in [7, 11) is 2.99. The van der Waals surface area contributed by atoms with Gasteiger partial charge in [-0.25, -0.2) is 0 Å². The molecule has 110 valence electrons. The first-order valence-electron chi connectivity index (χ1n) is 5.69. The molecule has 0 fully saturated rings. The lowest BCUT2D eigenvalue weighted by atomic mass is 10.2. The number of hydrogen-bond acceptors (Lipinski definition) is 6. The predicted molar refractivity (Wildman–Crippen MR) is 81.2 cm³/mol. The van der Waals surface area contributed by atoms with E-state index < -0.39 is 5.56 Å². The Bertz CT molecular complexity index is 772. The Hall–Kier alpha value is -2.19. The number of benzene rings is 1. The van der Waals surface area contributed by atoms with Crippen molar-refractivity contribution in [1.29, 1.82) is 0 Å². The molecule has 1 heterocycles. The zero-order chi connectivity index (χ0) is 15.4. The third kappa shape index (κ3) is 3.29. The zero-order valence-corrected chi connectivity index (χ0v) is 12.7. The largest absolute Gasteiger partial charge is 0.493 e. The van der Waals surface area contributed by atoms with Gasteiger partial charge in [0, 0.05) is 0 Å². The highest BCUT2D eigenvalue weighted by atomic mass is 35.5. The van der Waals surface area contributed by atoms with E-state index in [4.69, 9.17) is 33.3 Å². The van der Waals surface area contributed by atoms with Gasteiger partial charge in [-0.2, -0.15) is 14.9 Å². The number of rotatable bonds is 4. The summed E-state index contributed by atoms with van der Waals surface area (Å²) in [5.41, 5.74) is 0.178. The molecule has 0 bridgehead atoms. The minimum atomic E-state index is -0.443. The quantitative estimate of drug-likeness (QED) is 0.685. The monoisotopic (exact) mass is 326 g/mol. The van der Waals surface area contributed by atoms with Gasteiger partial charge in [-0.05, 0) is 29.9 Å². The molecule has 1 N–H and O–H groups in total. The van der Waals surface area contributed by atoms with Crippen LogP contribution in [0.15, 0.2) is 28.2 Å². The highest BCUT2D eigenvalue weighted by Crippen LogP contribution is 2.35. The fourth-order valence-corrected chi connectivity index (χ4v) is 2.08. The molecular formula is C12H11ClN4O3S. The molecule has 7 nitrogen and oxygen atoms in total. The molecule has 0 aliphatic heterocycles. The second-order valence-electron chi connectivity index (χ2n) is 3.81. The van der Waals surface area contributed by atoms with Crippen LogP contribution in [0, 0.1) is 4.77 Å². The lowest BCUT2D eigenvalue weighted by Gasteiger charge is -2.09. The lowest BCUT2D eigenvalue weighted by molar-refractivity contribution is 0.355. The normalized spacial score (nSPS) is 10.8. The van der Waals surface area contributed by atoms with E-state index in [1.807, 2.05) is 0 Å². The van der Waals surface area contributed by atoms with E-state index in [-0.39, 0.29) is 4.77 Å². The van der Waals surface area contributed by atoms with Crippen molar-refractivity contribution in [1.82, 2.24) is 14.9 Å². The van der Waals surface area contributed by atoms with Crippen LogP contribution in [0.25, 0.3) is 0 Å². The maximum Gasteiger partial charge on any atom is 0.293 e.